The SMILES string of the molecule is CCOC(=O)c1[nH]c2ccccc2c1C(c1ccccc1)N(C)C.CN(C)C(c1ccccc1)c1c(C(=O)O)[nH]c2ccccc12.CN(C)C(c1ccccc1)c1c[nH]c2ccc(F)cc12. The molecule has 0 bridgehead atoms. The summed E-state index contributed by atoms with van der Waals surface area (Å²) in [4.78, 5) is 40.0. The zero-order valence-electron chi connectivity index (χ0n) is 38.4. The Bertz CT molecular complexity index is 3010. The highest BCUT2D eigenvalue weighted by Crippen LogP contribution is 2.37. The van der Waals surface area contributed by atoms with E-state index in [2.05, 4.69) is 49.0 Å². The summed E-state index contributed by atoms with van der Waals surface area (Å²) in [5.41, 5.74) is 9.79. The van der Waals surface area contributed by atoms with Gasteiger partial charge in [0.1, 0.15) is 17.2 Å². The molecular weight excluding hydrogens is 828 g/mol. The number of ether oxygens (including phenoxy) is 1. The van der Waals surface area contributed by atoms with Crippen molar-refractivity contribution in [1.82, 2.24) is 29.7 Å². The minimum atomic E-state index is -0.936. The van der Waals surface area contributed by atoms with Crippen LogP contribution in [0.4, 0.5) is 4.39 Å². The maximum absolute atomic E-state index is 13.5. The Kier molecular flexibility index (Phi) is 14.9. The van der Waals surface area contributed by atoms with E-state index in [0.29, 0.717) is 12.3 Å². The van der Waals surface area contributed by atoms with Crippen LogP contribution >= 0.6 is 0 Å². The third-order valence-electron chi connectivity index (χ3n) is 11.6. The highest BCUT2D eigenvalue weighted by atomic mass is 19.1. The van der Waals surface area contributed by atoms with Crippen molar-refractivity contribution in [2.24, 2.45) is 0 Å². The number of carboxylic acid groups (broad SMARTS) is 1. The van der Waals surface area contributed by atoms with Crippen LogP contribution in [0.15, 0.2) is 164 Å². The minimum absolute atomic E-state index is 0.0400. The largest absolute Gasteiger partial charge is 0.477 e. The predicted molar refractivity (Wildman–Crippen MR) is 264 cm³/mol. The molecule has 338 valence electrons. The number of aromatic carboxylic acids is 1. The summed E-state index contributed by atoms with van der Waals surface area (Å²) in [6.45, 7) is 2.17. The number of carboxylic acids is 1. The van der Waals surface area contributed by atoms with Crippen LogP contribution in [0.1, 0.15) is 79.4 Å². The molecule has 6 aromatic carbocycles. The van der Waals surface area contributed by atoms with E-state index in [0.717, 1.165) is 60.5 Å². The van der Waals surface area contributed by atoms with Gasteiger partial charge in [-0.05, 0) is 102 Å². The summed E-state index contributed by atoms with van der Waals surface area (Å²) < 4.78 is 18.8. The van der Waals surface area contributed by atoms with Crippen molar-refractivity contribution in [1.29, 1.82) is 0 Å². The molecule has 0 fully saturated rings. The summed E-state index contributed by atoms with van der Waals surface area (Å²) in [7, 11) is 12.0. The van der Waals surface area contributed by atoms with E-state index in [1.807, 2.05) is 176 Å². The fraction of sp³-hybridized carbons (Fsp3) is 0.200. The number of rotatable bonds is 12. The zero-order chi connectivity index (χ0) is 46.9. The van der Waals surface area contributed by atoms with E-state index < -0.39 is 5.97 Å². The van der Waals surface area contributed by atoms with Gasteiger partial charge in [0.2, 0.25) is 0 Å². The molecule has 10 nitrogen and oxygen atoms in total. The van der Waals surface area contributed by atoms with Crippen molar-refractivity contribution in [2.45, 2.75) is 25.0 Å². The number of aromatic nitrogens is 3. The number of nitrogens with zero attached hydrogens (tertiary/aromatic N) is 3. The molecule has 0 aliphatic carbocycles. The number of benzene rings is 6. The number of carbonyl (C=O) groups is 2. The second-order valence-corrected chi connectivity index (χ2v) is 16.7. The molecule has 3 atom stereocenters. The van der Waals surface area contributed by atoms with Gasteiger partial charge in [0.15, 0.2) is 0 Å². The molecule has 0 saturated heterocycles. The lowest BCUT2D eigenvalue weighted by Gasteiger charge is -2.25. The molecule has 11 heteroatoms. The van der Waals surface area contributed by atoms with Gasteiger partial charge in [-0.2, -0.15) is 0 Å². The Morgan fingerprint density at radius 3 is 1.42 bits per heavy atom. The number of nitrogens with one attached hydrogen (secondary N) is 3. The van der Waals surface area contributed by atoms with E-state index in [9.17, 15) is 19.1 Å². The van der Waals surface area contributed by atoms with Crippen LogP contribution in [0, 0.1) is 5.82 Å². The van der Waals surface area contributed by atoms with Crippen LogP contribution in [0.5, 0.6) is 0 Å². The first-order chi connectivity index (χ1) is 31.9. The maximum atomic E-state index is 13.5. The highest BCUT2D eigenvalue weighted by molar-refractivity contribution is 5.99. The van der Waals surface area contributed by atoms with Gasteiger partial charge < -0.3 is 24.8 Å². The van der Waals surface area contributed by atoms with Gasteiger partial charge in [-0.3, -0.25) is 14.7 Å². The number of carbonyl (C=O) groups excluding carboxylic acids is 1. The van der Waals surface area contributed by atoms with E-state index in [-0.39, 0.29) is 35.6 Å². The molecule has 0 saturated carbocycles. The van der Waals surface area contributed by atoms with Crippen LogP contribution < -0.4 is 0 Å². The molecule has 3 unspecified atom stereocenters. The Balaban J connectivity index is 0.000000148. The fourth-order valence-electron chi connectivity index (χ4n) is 8.88. The lowest BCUT2D eigenvalue weighted by molar-refractivity contribution is 0.0517. The van der Waals surface area contributed by atoms with Gasteiger partial charge in [-0.15, -0.1) is 0 Å². The minimum Gasteiger partial charge on any atom is -0.477 e. The summed E-state index contributed by atoms with van der Waals surface area (Å²) in [5.74, 6) is -1.45. The van der Waals surface area contributed by atoms with E-state index in [1.54, 1.807) is 12.1 Å². The number of hydrogen-bond donors (Lipinski definition) is 4. The van der Waals surface area contributed by atoms with Crippen LogP contribution in [-0.2, 0) is 4.74 Å². The number of fused-ring (bicyclic) bond motifs is 3. The number of aromatic amines is 3. The molecule has 66 heavy (non-hydrogen) atoms. The second-order valence-electron chi connectivity index (χ2n) is 16.7. The van der Waals surface area contributed by atoms with Crippen LogP contribution in [0.3, 0.4) is 0 Å². The van der Waals surface area contributed by atoms with Crippen LogP contribution in [0.2, 0.25) is 0 Å². The van der Waals surface area contributed by atoms with E-state index >= 15 is 0 Å². The quantitative estimate of drug-likeness (QED) is 0.0902. The number of halogens is 1. The normalized spacial score (nSPS) is 12.7. The van der Waals surface area contributed by atoms with Gasteiger partial charge in [-0.25, -0.2) is 14.0 Å². The summed E-state index contributed by atoms with van der Waals surface area (Å²) in [5, 5.41) is 12.5. The molecule has 0 radical (unpaired) electrons. The Hall–Kier alpha value is -7.31. The molecule has 9 aromatic rings. The molecule has 3 aromatic heterocycles. The molecule has 0 spiro atoms. The van der Waals surface area contributed by atoms with Crippen molar-refractivity contribution < 1.29 is 23.8 Å². The average molecular weight is 885 g/mol. The molecule has 3 heterocycles. The summed E-state index contributed by atoms with van der Waals surface area (Å²) in [6, 6.07) is 50.9. The smallest absolute Gasteiger partial charge is 0.355 e. The maximum Gasteiger partial charge on any atom is 0.355 e. The Morgan fingerprint density at radius 1 is 0.545 bits per heavy atom. The molecular formula is C55H57FN6O4. The summed E-state index contributed by atoms with van der Waals surface area (Å²) in [6.07, 6.45) is 1.97. The topological polar surface area (TPSA) is 121 Å². The number of esters is 1. The zero-order valence-corrected chi connectivity index (χ0v) is 38.4. The number of H-pyrrole nitrogens is 3. The van der Waals surface area contributed by atoms with Crippen LogP contribution in [0.25, 0.3) is 32.7 Å². The van der Waals surface area contributed by atoms with E-state index in [4.69, 9.17) is 4.74 Å². The Labute approximate surface area is 385 Å². The van der Waals surface area contributed by atoms with Crippen molar-refractivity contribution in [3.05, 3.63) is 215 Å². The fourth-order valence-corrected chi connectivity index (χ4v) is 8.88. The van der Waals surface area contributed by atoms with Crippen molar-refractivity contribution in [3.63, 3.8) is 0 Å². The summed E-state index contributed by atoms with van der Waals surface area (Å²) >= 11 is 0. The molecule has 0 aliphatic rings. The average Bonchev–Trinajstić information content (AvgIpc) is 4.02. The van der Waals surface area contributed by atoms with Gasteiger partial charge in [0, 0.05) is 50.0 Å². The molecule has 0 aliphatic heterocycles. The molecule has 9 rings (SSSR count). The standard InChI is InChI=1S/C20H22N2O2.C18H18N2O2.C17H17FN2/c1-4-24-20(23)18-17(15-12-8-9-13-16(15)21-18)19(22(2)3)14-10-6-5-7-11-14;1-20(2)17(12-8-4-3-5-9-12)15-13-10-6-7-11-14(13)19-16(15)18(21)22;1-20(2)17(12-6-4-3-5-7-12)15-11-19-16-9-8-13(18)10-14(15)16/h5-13,19,21H,4H2,1-3H3;3-11,17,19H,1-2H3,(H,21,22);3-11,17,19H,1-2H3. The first-order valence-corrected chi connectivity index (χ1v) is 21.9. The second kappa shape index (κ2) is 21.1. The van der Waals surface area contributed by atoms with Crippen molar-refractivity contribution in [3.8, 4) is 0 Å². The lowest BCUT2D eigenvalue weighted by Crippen LogP contribution is -2.23. The van der Waals surface area contributed by atoms with Crippen molar-refractivity contribution in [2.75, 3.05) is 48.9 Å². The highest BCUT2D eigenvalue weighted by Gasteiger charge is 2.29. The van der Waals surface area contributed by atoms with Gasteiger partial charge in [0.25, 0.3) is 0 Å². The molecule has 0 amide bonds. The number of para-hydroxylation sites is 2. The number of hydrogen-bond acceptors (Lipinski definition) is 6. The lowest BCUT2D eigenvalue weighted by atomic mass is 9.95. The van der Waals surface area contributed by atoms with Gasteiger partial charge in [0.05, 0.1) is 24.7 Å². The Morgan fingerprint density at radius 2 is 0.970 bits per heavy atom. The first-order valence-electron chi connectivity index (χ1n) is 21.9. The third kappa shape index (κ3) is 10.1. The van der Waals surface area contributed by atoms with Gasteiger partial charge >= 0.3 is 11.9 Å². The third-order valence-corrected chi connectivity index (χ3v) is 11.6. The van der Waals surface area contributed by atoms with Crippen molar-refractivity contribution >= 4 is 44.6 Å². The van der Waals surface area contributed by atoms with Gasteiger partial charge in [-0.1, -0.05) is 127 Å². The van der Waals surface area contributed by atoms with E-state index in [1.165, 1.54) is 11.6 Å². The molecule has 4 N–H and O–H groups in total. The predicted octanol–water partition coefficient (Wildman–Crippen LogP) is 11.5. The first kappa shape index (κ1) is 46.7. The van der Waals surface area contributed by atoms with Crippen LogP contribution in [-0.4, -0.2) is 95.6 Å². The monoisotopic (exact) mass is 884 g/mol.